The lowest BCUT2D eigenvalue weighted by atomic mass is 10.2. The fraction of sp³-hybridized carbons (Fsp3) is 0.375. The normalized spacial score (nSPS) is 10.0. The largest absolute Gasteiger partial charge is 0.390 e. The van der Waals surface area contributed by atoms with Crippen molar-refractivity contribution in [2.75, 3.05) is 6.54 Å². The van der Waals surface area contributed by atoms with Crippen LogP contribution in [0.4, 0.5) is 0 Å². The van der Waals surface area contributed by atoms with Gasteiger partial charge in [-0.15, -0.1) is 0 Å². The van der Waals surface area contributed by atoms with E-state index in [0.29, 0.717) is 12.2 Å². The molecule has 1 rings (SSSR count). The van der Waals surface area contributed by atoms with Crippen molar-refractivity contribution in [1.82, 2.24) is 4.98 Å². The van der Waals surface area contributed by atoms with Gasteiger partial charge in [0.1, 0.15) is 0 Å². The van der Waals surface area contributed by atoms with Crippen LogP contribution >= 0.6 is 0 Å². The Kier molecular flexibility index (Phi) is 3.01. The van der Waals surface area contributed by atoms with E-state index >= 15 is 0 Å². The van der Waals surface area contributed by atoms with Crippen LogP contribution in [0.2, 0.25) is 0 Å². The summed E-state index contributed by atoms with van der Waals surface area (Å²) in [5, 5.41) is 8.74. The van der Waals surface area contributed by atoms with Crippen LogP contribution in [0.15, 0.2) is 18.3 Å². The quantitative estimate of drug-likeness (QED) is 0.644. The molecule has 0 aromatic carbocycles. The highest BCUT2D eigenvalue weighted by molar-refractivity contribution is 5.16. The first-order chi connectivity index (χ1) is 5.36. The molecule has 0 unspecified atom stereocenters. The van der Waals surface area contributed by atoms with E-state index in [9.17, 15) is 0 Å². The summed E-state index contributed by atoms with van der Waals surface area (Å²) >= 11 is 0. The molecule has 11 heavy (non-hydrogen) atoms. The monoisotopic (exact) mass is 152 g/mol. The van der Waals surface area contributed by atoms with Gasteiger partial charge in [0.25, 0.3) is 0 Å². The van der Waals surface area contributed by atoms with Crippen LogP contribution in [-0.2, 0) is 13.0 Å². The molecule has 0 saturated carbocycles. The molecule has 3 heteroatoms. The van der Waals surface area contributed by atoms with Crippen LogP contribution in [0.3, 0.4) is 0 Å². The summed E-state index contributed by atoms with van der Waals surface area (Å²) in [7, 11) is 0. The van der Waals surface area contributed by atoms with Gasteiger partial charge < -0.3 is 10.8 Å². The van der Waals surface area contributed by atoms with E-state index in [1.165, 1.54) is 0 Å². The zero-order valence-corrected chi connectivity index (χ0v) is 6.33. The minimum Gasteiger partial charge on any atom is -0.390 e. The highest BCUT2D eigenvalue weighted by atomic mass is 16.3. The predicted octanol–water partition coefficient (Wildman–Crippen LogP) is 0.0751. The first-order valence-electron chi connectivity index (χ1n) is 3.61. The first-order valence-corrected chi connectivity index (χ1v) is 3.61. The molecule has 0 bridgehead atoms. The molecule has 60 valence electrons. The topological polar surface area (TPSA) is 59.1 Å². The summed E-state index contributed by atoms with van der Waals surface area (Å²) in [5.74, 6) is 0. The molecular formula is C8H12N2O. The third-order valence-corrected chi connectivity index (χ3v) is 1.48. The van der Waals surface area contributed by atoms with E-state index in [4.69, 9.17) is 10.8 Å². The molecule has 0 aliphatic heterocycles. The molecule has 3 N–H and O–H groups in total. The van der Waals surface area contributed by atoms with Crippen LogP contribution in [0, 0.1) is 0 Å². The van der Waals surface area contributed by atoms with Gasteiger partial charge in [0.15, 0.2) is 0 Å². The average Bonchev–Trinajstić information content (AvgIpc) is 2.06. The first kappa shape index (κ1) is 8.17. The second kappa shape index (κ2) is 4.05. The van der Waals surface area contributed by atoms with Crippen LogP contribution in [-0.4, -0.2) is 16.6 Å². The van der Waals surface area contributed by atoms with E-state index < -0.39 is 0 Å². The molecule has 0 radical (unpaired) electrons. The Labute approximate surface area is 65.9 Å². The van der Waals surface area contributed by atoms with Crippen molar-refractivity contribution in [3.8, 4) is 0 Å². The SMILES string of the molecule is NCCc1ccnc(CO)c1. The number of pyridine rings is 1. The Morgan fingerprint density at radius 3 is 3.00 bits per heavy atom. The maximum Gasteiger partial charge on any atom is 0.0853 e. The number of rotatable bonds is 3. The lowest BCUT2D eigenvalue weighted by molar-refractivity contribution is 0.276. The molecule has 0 aliphatic rings. The number of hydrogen-bond donors (Lipinski definition) is 2. The third-order valence-electron chi connectivity index (χ3n) is 1.48. The van der Waals surface area contributed by atoms with Gasteiger partial charge >= 0.3 is 0 Å². The minimum atomic E-state index is -0.00158. The zero-order valence-electron chi connectivity index (χ0n) is 6.33. The summed E-state index contributed by atoms with van der Waals surface area (Å²) in [6.45, 7) is 0.632. The molecular weight excluding hydrogens is 140 g/mol. The van der Waals surface area contributed by atoms with E-state index in [-0.39, 0.29) is 6.61 Å². The second-order valence-corrected chi connectivity index (χ2v) is 2.35. The van der Waals surface area contributed by atoms with Gasteiger partial charge in [-0.2, -0.15) is 0 Å². The fourth-order valence-electron chi connectivity index (χ4n) is 0.937. The van der Waals surface area contributed by atoms with Crippen molar-refractivity contribution in [3.05, 3.63) is 29.6 Å². The Morgan fingerprint density at radius 1 is 1.55 bits per heavy atom. The van der Waals surface area contributed by atoms with Crippen molar-refractivity contribution < 1.29 is 5.11 Å². The van der Waals surface area contributed by atoms with Crippen LogP contribution in [0.25, 0.3) is 0 Å². The maximum absolute atomic E-state index is 8.74. The number of aromatic nitrogens is 1. The predicted molar refractivity (Wildman–Crippen MR) is 42.9 cm³/mol. The zero-order chi connectivity index (χ0) is 8.10. The molecule has 1 heterocycles. The molecule has 0 spiro atoms. The number of aliphatic hydroxyl groups is 1. The molecule has 0 aliphatic carbocycles. The van der Waals surface area contributed by atoms with Crippen molar-refractivity contribution in [2.45, 2.75) is 13.0 Å². The number of aliphatic hydroxyl groups excluding tert-OH is 1. The second-order valence-electron chi connectivity index (χ2n) is 2.35. The molecule has 1 aromatic heterocycles. The van der Waals surface area contributed by atoms with Gasteiger partial charge in [-0.05, 0) is 30.7 Å². The van der Waals surface area contributed by atoms with Gasteiger partial charge in [-0.25, -0.2) is 0 Å². The van der Waals surface area contributed by atoms with Gasteiger partial charge in [0.05, 0.1) is 12.3 Å². The summed E-state index contributed by atoms with van der Waals surface area (Å²) in [6.07, 6.45) is 2.53. The van der Waals surface area contributed by atoms with Crippen molar-refractivity contribution >= 4 is 0 Å². The Morgan fingerprint density at radius 2 is 2.36 bits per heavy atom. The lowest BCUT2D eigenvalue weighted by Gasteiger charge is -1.99. The van der Waals surface area contributed by atoms with Crippen LogP contribution in [0.1, 0.15) is 11.3 Å². The van der Waals surface area contributed by atoms with Crippen LogP contribution in [0.5, 0.6) is 0 Å². The van der Waals surface area contributed by atoms with Crippen molar-refractivity contribution in [1.29, 1.82) is 0 Å². The van der Waals surface area contributed by atoms with Gasteiger partial charge in [-0.1, -0.05) is 0 Å². The van der Waals surface area contributed by atoms with Crippen molar-refractivity contribution in [3.63, 3.8) is 0 Å². The summed E-state index contributed by atoms with van der Waals surface area (Å²) in [5.41, 5.74) is 7.20. The summed E-state index contributed by atoms with van der Waals surface area (Å²) < 4.78 is 0. The summed E-state index contributed by atoms with van der Waals surface area (Å²) in [6, 6.07) is 3.78. The third kappa shape index (κ3) is 2.29. The molecule has 0 atom stereocenters. The van der Waals surface area contributed by atoms with E-state index in [1.807, 2.05) is 12.1 Å². The Balaban J connectivity index is 2.74. The minimum absolute atomic E-state index is 0.00158. The van der Waals surface area contributed by atoms with Crippen LogP contribution < -0.4 is 5.73 Å². The smallest absolute Gasteiger partial charge is 0.0853 e. The number of hydrogen-bond acceptors (Lipinski definition) is 3. The average molecular weight is 152 g/mol. The fourth-order valence-corrected chi connectivity index (χ4v) is 0.937. The Bertz CT molecular complexity index is 225. The van der Waals surface area contributed by atoms with Gasteiger partial charge in [0, 0.05) is 6.20 Å². The van der Waals surface area contributed by atoms with Gasteiger partial charge in [-0.3, -0.25) is 4.98 Å². The van der Waals surface area contributed by atoms with Crippen molar-refractivity contribution in [2.24, 2.45) is 5.73 Å². The molecule has 1 aromatic rings. The highest BCUT2D eigenvalue weighted by Gasteiger charge is 1.93. The molecule has 0 amide bonds. The molecule has 0 saturated heterocycles. The summed E-state index contributed by atoms with van der Waals surface area (Å²) in [4.78, 5) is 3.95. The van der Waals surface area contributed by atoms with E-state index in [1.54, 1.807) is 6.20 Å². The molecule has 3 nitrogen and oxygen atoms in total. The van der Waals surface area contributed by atoms with E-state index in [2.05, 4.69) is 4.98 Å². The van der Waals surface area contributed by atoms with Gasteiger partial charge in [0.2, 0.25) is 0 Å². The maximum atomic E-state index is 8.74. The number of nitrogens with two attached hydrogens (primary N) is 1. The lowest BCUT2D eigenvalue weighted by Crippen LogP contribution is -2.03. The highest BCUT2D eigenvalue weighted by Crippen LogP contribution is 2.01. The Hall–Kier alpha value is -0.930. The van der Waals surface area contributed by atoms with E-state index in [0.717, 1.165) is 12.0 Å². The molecule has 0 fully saturated rings. The number of nitrogens with zero attached hydrogens (tertiary/aromatic N) is 1. The standard InChI is InChI=1S/C8H12N2O/c9-3-1-7-2-4-10-8(5-7)6-11/h2,4-5,11H,1,3,6,9H2.